The van der Waals surface area contributed by atoms with E-state index in [1.165, 1.54) is 18.2 Å². The summed E-state index contributed by atoms with van der Waals surface area (Å²) in [5.74, 6) is -2.04. The van der Waals surface area contributed by atoms with Crippen LogP contribution in [-0.4, -0.2) is 15.3 Å². The van der Waals surface area contributed by atoms with Crippen LogP contribution in [0.2, 0.25) is 0 Å². The number of rotatable bonds is 8. The summed E-state index contributed by atoms with van der Waals surface area (Å²) in [6.07, 6.45) is 0.359. The summed E-state index contributed by atoms with van der Waals surface area (Å²) in [7, 11) is 0. The van der Waals surface area contributed by atoms with Gasteiger partial charge in [0, 0.05) is 41.7 Å². The number of nitro benzene ring substituents is 1. The number of nitro groups is 1. The van der Waals surface area contributed by atoms with Crippen molar-refractivity contribution >= 4 is 22.4 Å². The number of carbonyl (C=O) groups is 1. The van der Waals surface area contributed by atoms with Crippen LogP contribution < -0.4 is 0 Å². The average molecular weight is 462 g/mol. The zero-order valence-electron chi connectivity index (χ0n) is 18.9. The second-order valence-corrected chi connectivity index (χ2v) is 8.62. The van der Waals surface area contributed by atoms with Crippen LogP contribution in [0, 0.1) is 21.7 Å². The molecule has 0 aliphatic rings. The molecular weight excluding hydrogens is 438 g/mol. The summed E-state index contributed by atoms with van der Waals surface area (Å²) in [5.41, 5.74) is 3.44. The highest BCUT2D eigenvalue weighted by Crippen LogP contribution is 2.35. The molecule has 0 bridgehead atoms. The van der Waals surface area contributed by atoms with Crippen molar-refractivity contribution in [3.05, 3.63) is 111 Å². The molecule has 0 saturated heterocycles. The van der Waals surface area contributed by atoms with Crippen LogP contribution in [0.1, 0.15) is 53.4 Å². The van der Waals surface area contributed by atoms with E-state index in [0.29, 0.717) is 28.6 Å². The average Bonchev–Trinajstić information content (AvgIpc) is 3.14. The van der Waals surface area contributed by atoms with Crippen molar-refractivity contribution in [1.29, 1.82) is 0 Å². The van der Waals surface area contributed by atoms with Crippen molar-refractivity contribution in [1.82, 2.24) is 4.57 Å². The standard InChI is InChI=1S/C27H24F2N2O3/c1-17(2)27-26(25(32)13-9-18-8-12-22(28)23(29)14-18)21-11-10-20(31(33)34)15-24(21)30(27)16-19-6-4-3-5-7-19/h3-8,10-12,14-15,17H,9,13,16H2,1-2H3. The molecule has 34 heavy (non-hydrogen) atoms. The Morgan fingerprint density at radius 2 is 1.71 bits per heavy atom. The molecule has 4 rings (SSSR count). The quantitative estimate of drug-likeness (QED) is 0.164. The number of benzene rings is 3. The third-order valence-corrected chi connectivity index (χ3v) is 5.93. The van der Waals surface area contributed by atoms with E-state index in [0.717, 1.165) is 23.4 Å². The van der Waals surface area contributed by atoms with Crippen LogP contribution in [0.25, 0.3) is 10.9 Å². The minimum atomic E-state index is -0.945. The summed E-state index contributed by atoms with van der Waals surface area (Å²) < 4.78 is 28.8. The molecular formula is C27H24F2N2O3. The molecule has 0 amide bonds. The Kier molecular flexibility index (Phi) is 6.54. The predicted octanol–water partition coefficient (Wildman–Crippen LogP) is 6.81. The maximum Gasteiger partial charge on any atom is 0.271 e. The van der Waals surface area contributed by atoms with Crippen molar-refractivity contribution in [2.45, 2.75) is 39.2 Å². The first-order valence-electron chi connectivity index (χ1n) is 11.1. The highest BCUT2D eigenvalue weighted by molar-refractivity contribution is 6.10. The smallest absolute Gasteiger partial charge is 0.271 e. The molecule has 0 saturated carbocycles. The predicted molar refractivity (Wildman–Crippen MR) is 127 cm³/mol. The third kappa shape index (κ3) is 4.59. The van der Waals surface area contributed by atoms with Crippen LogP contribution in [0.4, 0.5) is 14.5 Å². The lowest BCUT2D eigenvalue weighted by Gasteiger charge is -2.15. The Balaban J connectivity index is 1.81. The molecule has 0 atom stereocenters. The molecule has 0 aliphatic heterocycles. The van der Waals surface area contributed by atoms with E-state index < -0.39 is 16.6 Å². The number of ketones is 1. The fraction of sp³-hybridized carbons (Fsp3) is 0.222. The van der Waals surface area contributed by atoms with Gasteiger partial charge in [-0.2, -0.15) is 0 Å². The number of nitrogens with zero attached hydrogens (tertiary/aromatic N) is 2. The molecule has 7 heteroatoms. The molecule has 0 aliphatic carbocycles. The van der Waals surface area contributed by atoms with Crippen LogP contribution >= 0.6 is 0 Å². The van der Waals surface area contributed by atoms with Crippen LogP contribution in [0.5, 0.6) is 0 Å². The zero-order valence-corrected chi connectivity index (χ0v) is 18.9. The van der Waals surface area contributed by atoms with E-state index in [1.54, 1.807) is 6.07 Å². The van der Waals surface area contributed by atoms with Gasteiger partial charge in [0.25, 0.3) is 5.69 Å². The SMILES string of the molecule is CC(C)c1c(C(=O)CCc2ccc(F)c(F)c2)c2ccc([N+](=O)[O-])cc2n1Cc1ccccc1. The fourth-order valence-electron chi connectivity index (χ4n) is 4.38. The fourth-order valence-corrected chi connectivity index (χ4v) is 4.38. The second-order valence-electron chi connectivity index (χ2n) is 8.62. The van der Waals surface area contributed by atoms with E-state index in [-0.39, 0.29) is 30.2 Å². The molecule has 1 aromatic heterocycles. The van der Waals surface area contributed by atoms with Crippen molar-refractivity contribution in [2.75, 3.05) is 0 Å². The number of carbonyl (C=O) groups excluding carboxylic acids is 1. The molecule has 0 spiro atoms. The van der Waals surface area contributed by atoms with Gasteiger partial charge in [-0.05, 0) is 41.7 Å². The number of halogens is 2. The normalized spacial score (nSPS) is 11.3. The van der Waals surface area contributed by atoms with E-state index in [1.807, 2.05) is 48.7 Å². The maximum absolute atomic E-state index is 13.6. The number of non-ortho nitro benzene ring substituents is 1. The Morgan fingerprint density at radius 1 is 0.971 bits per heavy atom. The Hall–Kier alpha value is -3.87. The van der Waals surface area contributed by atoms with Gasteiger partial charge in [0.2, 0.25) is 0 Å². The van der Waals surface area contributed by atoms with Crippen LogP contribution in [-0.2, 0) is 13.0 Å². The van der Waals surface area contributed by atoms with Gasteiger partial charge in [-0.3, -0.25) is 14.9 Å². The lowest BCUT2D eigenvalue weighted by molar-refractivity contribution is -0.384. The summed E-state index contributed by atoms with van der Waals surface area (Å²) in [5, 5.41) is 12.1. The Bertz CT molecular complexity index is 1380. The number of Topliss-reactive ketones (excluding diaryl/α,β-unsaturated/α-hetero) is 1. The lowest BCUT2D eigenvalue weighted by atomic mass is 9.96. The molecule has 174 valence electrons. The summed E-state index contributed by atoms with van der Waals surface area (Å²) >= 11 is 0. The maximum atomic E-state index is 13.6. The summed E-state index contributed by atoms with van der Waals surface area (Å²) in [6, 6.07) is 17.9. The van der Waals surface area contributed by atoms with Gasteiger partial charge in [-0.15, -0.1) is 0 Å². The van der Waals surface area contributed by atoms with Crippen LogP contribution in [0.3, 0.4) is 0 Å². The van der Waals surface area contributed by atoms with Gasteiger partial charge in [0.15, 0.2) is 17.4 Å². The number of hydrogen-bond acceptors (Lipinski definition) is 3. The van der Waals surface area contributed by atoms with Gasteiger partial charge in [-0.1, -0.05) is 50.2 Å². The van der Waals surface area contributed by atoms with Gasteiger partial charge in [0.1, 0.15) is 0 Å². The third-order valence-electron chi connectivity index (χ3n) is 5.93. The van der Waals surface area contributed by atoms with Crippen molar-refractivity contribution in [3.63, 3.8) is 0 Å². The highest BCUT2D eigenvalue weighted by Gasteiger charge is 2.26. The van der Waals surface area contributed by atoms with Gasteiger partial charge < -0.3 is 4.57 Å². The minimum absolute atomic E-state index is 0.0302. The molecule has 4 aromatic rings. The minimum Gasteiger partial charge on any atom is -0.339 e. The first kappa shape index (κ1) is 23.3. The van der Waals surface area contributed by atoms with Crippen molar-refractivity contribution in [2.24, 2.45) is 0 Å². The van der Waals surface area contributed by atoms with Crippen molar-refractivity contribution in [3.8, 4) is 0 Å². The summed E-state index contributed by atoms with van der Waals surface area (Å²) in [4.78, 5) is 24.5. The molecule has 0 radical (unpaired) electrons. The monoisotopic (exact) mass is 462 g/mol. The molecule has 1 heterocycles. The molecule has 0 N–H and O–H groups in total. The van der Waals surface area contributed by atoms with Gasteiger partial charge >= 0.3 is 0 Å². The molecule has 3 aromatic carbocycles. The molecule has 0 fully saturated rings. The molecule has 0 unspecified atom stereocenters. The highest BCUT2D eigenvalue weighted by atomic mass is 19.2. The van der Waals surface area contributed by atoms with E-state index in [2.05, 4.69) is 0 Å². The van der Waals surface area contributed by atoms with E-state index >= 15 is 0 Å². The number of aryl methyl sites for hydroxylation is 1. The topological polar surface area (TPSA) is 65.1 Å². The van der Waals surface area contributed by atoms with Crippen LogP contribution in [0.15, 0.2) is 66.7 Å². The lowest BCUT2D eigenvalue weighted by Crippen LogP contribution is -2.11. The Morgan fingerprint density at radius 3 is 2.35 bits per heavy atom. The number of hydrogen-bond donors (Lipinski definition) is 0. The van der Waals surface area contributed by atoms with E-state index in [4.69, 9.17) is 0 Å². The summed E-state index contributed by atoms with van der Waals surface area (Å²) in [6.45, 7) is 4.43. The van der Waals surface area contributed by atoms with E-state index in [9.17, 15) is 23.7 Å². The van der Waals surface area contributed by atoms with Crippen molar-refractivity contribution < 1.29 is 18.5 Å². The number of aromatic nitrogens is 1. The second kappa shape index (κ2) is 9.55. The van der Waals surface area contributed by atoms with Gasteiger partial charge in [-0.25, -0.2) is 8.78 Å². The number of fused-ring (bicyclic) bond motifs is 1. The first-order chi connectivity index (χ1) is 16.3. The first-order valence-corrected chi connectivity index (χ1v) is 11.1. The molecule has 5 nitrogen and oxygen atoms in total. The van der Waals surface area contributed by atoms with Gasteiger partial charge in [0.05, 0.1) is 10.4 Å². The zero-order chi connectivity index (χ0) is 24.4. The Labute approximate surface area is 195 Å². The largest absolute Gasteiger partial charge is 0.339 e.